The summed E-state index contributed by atoms with van der Waals surface area (Å²) in [5.74, 6) is 1.26. The van der Waals surface area contributed by atoms with Crippen LogP contribution in [0.3, 0.4) is 0 Å². The number of nitrogens with one attached hydrogen (secondary N) is 1. The van der Waals surface area contributed by atoms with E-state index in [0.717, 1.165) is 32.1 Å². The van der Waals surface area contributed by atoms with Crippen LogP contribution in [0.4, 0.5) is 5.95 Å². The Morgan fingerprint density at radius 3 is 2.49 bits per heavy atom. The molecule has 0 bridgehead atoms. The van der Waals surface area contributed by atoms with E-state index in [1.807, 2.05) is 10.6 Å². The second-order valence-corrected chi connectivity index (χ2v) is 10.8. The van der Waals surface area contributed by atoms with E-state index in [-0.39, 0.29) is 17.8 Å². The van der Waals surface area contributed by atoms with Crippen molar-refractivity contribution in [2.75, 3.05) is 18.9 Å². The number of hydrogen-bond acceptors (Lipinski definition) is 9. The number of nitrogens with zero attached hydrogens (tertiary/aromatic N) is 6. The Labute approximate surface area is 209 Å². The van der Waals surface area contributed by atoms with E-state index in [0.29, 0.717) is 22.4 Å². The van der Waals surface area contributed by atoms with Crippen LogP contribution < -0.4 is 9.46 Å². The highest BCUT2D eigenvalue weighted by atomic mass is 35.5. The molecule has 0 radical (unpaired) electrons. The summed E-state index contributed by atoms with van der Waals surface area (Å²) in [6.45, 7) is 1.53. The van der Waals surface area contributed by atoms with Crippen LogP contribution in [0, 0.1) is 0 Å². The first-order valence-electron chi connectivity index (χ1n) is 11.3. The zero-order valence-corrected chi connectivity index (χ0v) is 21.3. The molecule has 1 saturated carbocycles. The first-order chi connectivity index (χ1) is 16.8. The third-order valence-corrected chi connectivity index (χ3v) is 7.98. The Balaban J connectivity index is 1.69. The van der Waals surface area contributed by atoms with Crippen LogP contribution >= 0.6 is 11.6 Å². The van der Waals surface area contributed by atoms with Crippen molar-refractivity contribution in [3.8, 4) is 17.4 Å². The van der Waals surface area contributed by atoms with E-state index in [1.165, 1.54) is 33.5 Å². The number of halogens is 1. The van der Waals surface area contributed by atoms with Gasteiger partial charge in [0.15, 0.2) is 11.6 Å². The number of methoxy groups -OCH3 is 2. The molecule has 1 fully saturated rings. The smallest absolute Gasteiger partial charge is 0.240 e. The van der Waals surface area contributed by atoms with Gasteiger partial charge in [-0.3, -0.25) is 9.29 Å². The molecule has 35 heavy (non-hydrogen) atoms. The number of anilines is 1. The van der Waals surface area contributed by atoms with Crippen molar-refractivity contribution in [1.29, 1.82) is 0 Å². The molecule has 4 rings (SSSR count). The number of aromatic nitrogens is 6. The quantitative estimate of drug-likeness (QED) is 0.445. The summed E-state index contributed by atoms with van der Waals surface area (Å²) >= 11 is 5.87. The highest BCUT2D eigenvalue weighted by molar-refractivity contribution is 7.93. The summed E-state index contributed by atoms with van der Waals surface area (Å²) in [6, 6.07) is 5.38. The third kappa shape index (κ3) is 5.54. The van der Waals surface area contributed by atoms with Crippen molar-refractivity contribution in [1.82, 2.24) is 29.7 Å². The van der Waals surface area contributed by atoms with Gasteiger partial charge in [0.25, 0.3) is 0 Å². The first-order valence-corrected chi connectivity index (χ1v) is 13.2. The number of rotatable bonds is 9. The van der Waals surface area contributed by atoms with Crippen molar-refractivity contribution in [2.45, 2.75) is 56.4 Å². The molecule has 1 aliphatic rings. The maximum absolute atomic E-state index is 13.4. The largest absolute Gasteiger partial charge is 0.481 e. The fourth-order valence-electron chi connectivity index (χ4n) is 4.23. The predicted octanol–water partition coefficient (Wildman–Crippen LogP) is 3.82. The Hall–Kier alpha value is -2.83. The van der Waals surface area contributed by atoms with E-state index in [2.05, 4.69) is 29.9 Å². The van der Waals surface area contributed by atoms with Crippen LogP contribution in [0.25, 0.3) is 11.5 Å². The second kappa shape index (κ2) is 10.8. The highest BCUT2D eigenvalue weighted by Crippen LogP contribution is 2.35. The van der Waals surface area contributed by atoms with Crippen LogP contribution in [0.2, 0.25) is 5.02 Å². The van der Waals surface area contributed by atoms with Crippen LogP contribution in [-0.4, -0.2) is 57.6 Å². The minimum Gasteiger partial charge on any atom is -0.481 e. The lowest BCUT2D eigenvalue weighted by atomic mass is 9.95. The van der Waals surface area contributed by atoms with E-state index in [4.69, 9.17) is 21.1 Å². The molecular formula is C22H28ClN7O4S. The Morgan fingerprint density at radius 2 is 1.83 bits per heavy atom. The standard InChI is InChI=1S/C22H28ClN7O4S/c1-14(19(34-3)20-24-12-15(23)13-25-20)35(31,32)29-22-28-27-21(17-10-7-11-18(26-17)33-2)30(22)16-8-5-4-6-9-16/h7,10-14,16,19H,4-6,8-9H2,1-3H3,(H,28,29). The molecule has 188 valence electrons. The molecule has 0 aliphatic heterocycles. The van der Waals surface area contributed by atoms with Crippen LogP contribution in [0.1, 0.15) is 57.0 Å². The molecule has 0 saturated heterocycles. The van der Waals surface area contributed by atoms with Crippen LogP contribution in [-0.2, 0) is 14.8 Å². The minimum atomic E-state index is -3.98. The molecule has 1 N–H and O–H groups in total. The molecule has 2 atom stereocenters. The van der Waals surface area contributed by atoms with Gasteiger partial charge in [-0.2, -0.15) is 0 Å². The molecule has 3 aromatic rings. The van der Waals surface area contributed by atoms with E-state index < -0.39 is 21.4 Å². The molecule has 0 amide bonds. The summed E-state index contributed by atoms with van der Waals surface area (Å²) < 4.78 is 42.1. The number of sulfonamides is 1. The summed E-state index contributed by atoms with van der Waals surface area (Å²) in [5.41, 5.74) is 0.547. The van der Waals surface area contributed by atoms with Crippen molar-refractivity contribution in [2.24, 2.45) is 0 Å². The molecule has 3 aromatic heterocycles. The lowest BCUT2D eigenvalue weighted by Gasteiger charge is -2.27. The fraction of sp³-hybridized carbons (Fsp3) is 0.500. The molecule has 2 unspecified atom stereocenters. The molecule has 1 aliphatic carbocycles. The van der Waals surface area contributed by atoms with E-state index in [1.54, 1.807) is 12.1 Å². The fourth-order valence-corrected chi connectivity index (χ4v) is 5.47. The maximum atomic E-state index is 13.4. The second-order valence-electron chi connectivity index (χ2n) is 8.34. The Bertz CT molecular complexity index is 1250. The van der Waals surface area contributed by atoms with E-state index >= 15 is 0 Å². The van der Waals surface area contributed by atoms with Crippen molar-refractivity contribution >= 4 is 27.6 Å². The SMILES string of the molecule is COc1cccc(-c2nnc(NS(=O)(=O)C(C)C(OC)c3ncc(Cl)cn3)n2C2CCCCC2)n1. The third-order valence-electron chi connectivity index (χ3n) is 6.10. The van der Waals surface area contributed by atoms with Gasteiger partial charge in [0, 0.05) is 31.6 Å². The zero-order chi connectivity index (χ0) is 25.0. The maximum Gasteiger partial charge on any atom is 0.240 e. The van der Waals surface area contributed by atoms with Crippen LogP contribution in [0.5, 0.6) is 5.88 Å². The van der Waals surface area contributed by atoms with Gasteiger partial charge in [0.05, 0.1) is 12.1 Å². The summed E-state index contributed by atoms with van der Waals surface area (Å²) in [5, 5.41) is 7.83. The van der Waals surface area contributed by atoms with Gasteiger partial charge in [-0.15, -0.1) is 10.2 Å². The van der Waals surface area contributed by atoms with E-state index in [9.17, 15) is 8.42 Å². The van der Waals surface area contributed by atoms with Gasteiger partial charge in [-0.05, 0) is 25.8 Å². The predicted molar refractivity (Wildman–Crippen MR) is 131 cm³/mol. The lowest BCUT2D eigenvalue weighted by molar-refractivity contribution is 0.0950. The van der Waals surface area contributed by atoms with Gasteiger partial charge in [-0.25, -0.2) is 23.4 Å². The van der Waals surface area contributed by atoms with Crippen molar-refractivity contribution in [3.05, 3.63) is 41.4 Å². The molecule has 11 nitrogen and oxygen atoms in total. The highest BCUT2D eigenvalue weighted by Gasteiger charge is 2.35. The lowest BCUT2D eigenvalue weighted by Crippen LogP contribution is -2.34. The molecular weight excluding hydrogens is 494 g/mol. The van der Waals surface area contributed by atoms with Gasteiger partial charge in [0.1, 0.15) is 17.0 Å². The molecule has 0 aromatic carbocycles. The number of hydrogen-bond donors (Lipinski definition) is 1. The topological polar surface area (TPSA) is 134 Å². The molecule has 13 heteroatoms. The van der Waals surface area contributed by atoms with Gasteiger partial charge >= 0.3 is 0 Å². The normalized spacial score (nSPS) is 16.6. The average Bonchev–Trinajstić information content (AvgIpc) is 3.29. The molecule has 3 heterocycles. The Kier molecular flexibility index (Phi) is 7.82. The van der Waals surface area contributed by atoms with Gasteiger partial charge < -0.3 is 9.47 Å². The van der Waals surface area contributed by atoms with Crippen LogP contribution in [0.15, 0.2) is 30.6 Å². The van der Waals surface area contributed by atoms with Crippen molar-refractivity contribution < 1.29 is 17.9 Å². The summed E-state index contributed by atoms with van der Waals surface area (Å²) in [6.07, 6.45) is 6.87. The van der Waals surface area contributed by atoms with Gasteiger partial charge in [0.2, 0.25) is 21.9 Å². The minimum absolute atomic E-state index is 0.0348. The zero-order valence-electron chi connectivity index (χ0n) is 19.8. The summed E-state index contributed by atoms with van der Waals surface area (Å²) in [7, 11) is -1.04. The summed E-state index contributed by atoms with van der Waals surface area (Å²) in [4.78, 5) is 12.7. The number of ether oxygens (including phenoxy) is 2. The van der Waals surface area contributed by atoms with Gasteiger partial charge in [-0.1, -0.05) is 36.9 Å². The molecule has 0 spiro atoms. The first kappa shape index (κ1) is 25.3. The number of pyridine rings is 1. The monoisotopic (exact) mass is 521 g/mol. The average molecular weight is 522 g/mol. The Morgan fingerprint density at radius 1 is 1.11 bits per heavy atom. The van der Waals surface area contributed by atoms with Crippen molar-refractivity contribution in [3.63, 3.8) is 0 Å².